The third-order valence-corrected chi connectivity index (χ3v) is 6.02. The van der Waals surface area contributed by atoms with Crippen molar-refractivity contribution in [2.75, 3.05) is 46.0 Å². The lowest BCUT2D eigenvalue weighted by atomic mass is 9.93. The minimum absolute atomic E-state index is 0.0438. The van der Waals surface area contributed by atoms with Crippen molar-refractivity contribution in [3.8, 4) is 17.6 Å². The number of aliphatic hydroxyl groups excluding tert-OH is 1. The molecule has 0 spiro atoms. The van der Waals surface area contributed by atoms with Crippen LogP contribution in [0.1, 0.15) is 24.8 Å². The van der Waals surface area contributed by atoms with Gasteiger partial charge in [0.2, 0.25) is 0 Å². The highest BCUT2D eigenvalue weighted by molar-refractivity contribution is 5.70. The summed E-state index contributed by atoms with van der Waals surface area (Å²) in [5, 5.41) is 18.4. The Morgan fingerprint density at radius 3 is 2.76 bits per heavy atom. The van der Waals surface area contributed by atoms with Gasteiger partial charge in [0.15, 0.2) is 11.5 Å². The molecule has 0 saturated carbocycles. The van der Waals surface area contributed by atoms with Gasteiger partial charge >= 0.3 is 6.09 Å². The number of nitrogens with zero attached hydrogens (tertiary/aromatic N) is 3. The number of carbonyl (C=O) groups is 1. The fourth-order valence-electron chi connectivity index (χ4n) is 4.26. The molecule has 0 radical (unpaired) electrons. The van der Waals surface area contributed by atoms with Gasteiger partial charge in [-0.05, 0) is 50.4 Å². The van der Waals surface area contributed by atoms with Crippen LogP contribution >= 0.6 is 0 Å². The van der Waals surface area contributed by atoms with Crippen LogP contribution in [-0.2, 0) is 4.74 Å². The number of hydrogen-bond acceptors (Lipinski definition) is 7. The molecule has 2 fully saturated rings. The van der Waals surface area contributed by atoms with Gasteiger partial charge < -0.3 is 19.3 Å². The first-order valence-electron chi connectivity index (χ1n) is 10.3. The molecule has 1 amide bonds. The summed E-state index contributed by atoms with van der Waals surface area (Å²) in [4.78, 5) is 15.8. The number of aliphatic hydroxyl groups is 1. The smallest absolute Gasteiger partial charge is 0.410 e. The number of likely N-dealkylation sites (tertiary alicyclic amines) is 1. The number of ether oxygens (including phenoxy) is 3. The van der Waals surface area contributed by atoms with E-state index < -0.39 is 0 Å². The number of piperidine rings is 1. The predicted octanol–water partition coefficient (Wildman–Crippen LogP) is 1.61. The first-order chi connectivity index (χ1) is 14.2. The van der Waals surface area contributed by atoms with Crippen molar-refractivity contribution in [2.24, 2.45) is 5.92 Å². The number of hydrogen-bond donors (Lipinski definition) is 1. The summed E-state index contributed by atoms with van der Waals surface area (Å²) >= 11 is 0. The molecule has 2 saturated heterocycles. The first kappa shape index (κ1) is 19.8. The third kappa shape index (κ3) is 4.57. The molecule has 3 aliphatic rings. The number of benzene rings is 1. The van der Waals surface area contributed by atoms with Crippen molar-refractivity contribution >= 4 is 6.09 Å². The minimum atomic E-state index is -0.309. The fourth-order valence-corrected chi connectivity index (χ4v) is 4.26. The van der Waals surface area contributed by atoms with Crippen LogP contribution in [0.25, 0.3) is 0 Å². The Hall–Kier alpha value is -2.50. The summed E-state index contributed by atoms with van der Waals surface area (Å²) < 4.78 is 16.9. The van der Waals surface area contributed by atoms with Crippen LogP contribution in [0.15, 0.2) is 18.2 Å². The predicted molar refractivity (Wildman–Crippen MR) is 104 cm³/mol. The lowest BCUT2D eigenvalue weighted by Crippen LogP contribution is -2.44. The van der Waals surface area contributed by atoms with Crippen LogP contribution in [0.5, 0.6) is 11.5 Å². The second-order valence-electron chi connectivity index (χ2n) is 7.96. The highest BCUT2D eigenvalue weighted by atomic mass is 16.6. The largest absolute Gasteiger partial charge is 0.486 e. The Morgan fingerprint density at radius 1 is 1.17 bits per heavy atom. The van der Waals surface area contributed by atoms with Crippen LogP contribution in [0.4, 0.5) is 4.79 Å². The highest BCUT2D eigenvalue weighted by Gasteiger charge is 2.33. The molecule has 3 aliphatic heterocycles. The van der Waals surface area contributed by atoms with E-state index in [9.17, 15) is 9.90 Å². The first-order valence-corrected chi connectivity index (χ1v) is 10.3. The number of cyclic esters (lactones) is 1. The zero-order valence-electron chi connectivity index (χ0n) is 16.5. The number of rotatable bonds is 6. The van der Waals surface area contributed by atoms with E-state index in [1.807, 2.05) is 0 Å². The van der Waals surface area contributed by atoms with Crippen molar-refractivity contribution in [1.29, 1.82) is 5.26 Å². The van der Waals surface area contributed by atoms with Gasteiger partial charge in [-0.2, -0.15) is 5.26 Å². The van der Waals surface area contributed by atoms with Gasteiger partial charge in [-0.25, -0.2) is 4.79 Å². The van der Waals surface area contributed by atoms with Crippen LogP contribution in [0.2, 0.25) is 0 Å². The van der Waals surface area contributed by atoms with Gasteiger partial charge in [0.05, 0.1) is 24.3 Å². The molecule has 0 aliphatic carbocycles. The van der Waals surface area contributed by atoms with Gasteiger partial charge in [0, 0.05) is 19.2 Å². The molecule has 29 heavy (non-hydrogen) atoms. The third-order valence-electron chi connectivity index (χ3n) is 6.02. The second kappa shape index (κ2) is 8.89. The van der Waals surface area contributed by atoms with E-state index in [1.165, 1.54) is 0 Å². The van der Waals surface area contributed by atoms with E-state index in [0.717, 1.165) is 38.9 Å². The maximum Gasteiger partial charge on any atom is 0.410 e. The summed E-state index contributed by atoms with van der Waals surface area (Å²) in [6, 6.07) is 7.18. The molecule has 4 rings (SSSR count). The Kier molecular flexibility index (Phi) is 6.07. The van der Waals surface area contributed by atoms with Gasteiger partial charge in [0.25, 0.3) is 0 Å². The molecular formula is C21H27N3O5. The number of carbonyl (C=O) groups excluding carboxylic acids is 1. The SMILES string of the molecule is N#Cc1ccc2c(c1)OC(CN1CCC(CCN3C(=O)OCC3CO)CC1)CO2. The van der Waals surface area contributed by atoms with Crippen LogP contribution in [0.3, 0.4) is 0 Å². The normalized spacial score (nSPS) is 25.0. The Bertz CT molecular complexity index is 772. The maximum atomic E-state index is 11.8. The van der Waals surface area contributed by atoms with E-state index in [-0.39, 0.29) is 31.5 Å². The Labute approximate surface area is 170 Å². The van der Waals surface area contributed by atoms with E-state index in [1.54, 1.807) is 23.1 Å². The highest BCUT2D eigenvalue weighted by Crippen LogP contribution is 2.33. The molecule has 2 unspecified atom stereocenters. The minimum Gasteiger partial charge on any atom is -0.486 e. The topological polar surface area (TPSA) is 95.3 Å². The quantitative estimate of drug-likeness (QED) is 0.774. The molecule has 2 atom stereocenters. The van der Waals surface area contributed by atoms with Gasteiger partial charge in [-0.1, -0.05) is 0 Å². The lowest BCUT2D eigenvalue weighted by Gasteiger charge is -2.36. The van der Waals surface area contributed by atoms with Gasteiger partial charge in [-0.15, -0.1) is 0 Å². The van der Waals surface area contributed by atoms with Gasteiger partial charge in [0.1, 0.15) is 19.3 Å². The lowest BCUT2D eigenvalue weighted by molar-refractivity contribution is 0.0464. The van der Waals surface area contributed by atoms with Crippen molar-refractivity contribution in [2.45, 2.75) is 31.4 Å². The molecule has 1 aromatic carbocycles. The fraction of sp³-hybridized carbons (Fsp3) is 0.619. The molecule has 3 heterocycles. The van der Waals surface area contributed by atoms with Gasteiger partial charge in [-0.3, -0.25) is 9.80 Å². The molecule has 8 heteroatoms. The summed E-state index contributed by atoms with van der Waals surface area (Å²) in [6.45, 7) is 4.18. The second-order valence-corrected chi connectivity index (χ2v) is 7.96. The van der Waals surface area contributed by atoms with E-state index in [4.69, 9.17) is 19.5 Å². The Morgan fingerprint density at radius 2 is 2.00 bits per heavy atom. The Balaban J connectivity index is 1.21. The summed E-state index contributed by atoms with van der Waals surface area (Å²) in [5.74, 6) is 1.91. The number of nitriles is 1. The number of fused-ring (bicyclic) bond motifs is 1. The molecule has 0 bridgehead atoms. The van der Waals surface area contributed by atoms with E-state index in [0.29, 0.717) is 36.1 Å². The van der Waals surface area contributed by atoms with Crippen molar-refractivity contribution in [1.82, 2.24) is 9.80 Å². The average molecular weight is 401 g/mol. The molecule has 8 nitrogen and oxygen atoms in total. The number of amides is 1. The van der Waals surface area contributed by atoms with Crippen LogP contribution < -0.4 is 9.47 Å². The maximum absolute atomic E-state index is 11.8. The summed E-state index contributed by atoms with van der Waals surface area (Å²) in [7, 11) is 0. The van der Waals surface area contributed by atoms with Crippen LogP contribution in [-0.4, -0.2) is 79.1 Å². The molecule has 0 aromatic heterocycles. The summed E-state index contributed by atoms with van der Waals surface area (Å²) in [6.07, 6.45) is 2.74. The van der Waals surface area contributed by atoms with Crippen molar-refractivity contribution in [3.05, 3.63) is 23.8 Å². The van der Waals surface area contributed by atoms with E-state index in [2.05, 4.69) is 11.0 Å². The monoisotopic (exact) mass is 401 g/mol. The van der Waals surface area contributed by atoms with Crippen molar-refractivity contribution < 1.29 is 24.1 Å². The zero-order valence-corrected chi connectivity index (χ0v) is 16.5. The summed E-state index contributed by atoms with van der Waals surface area (Å²) in [5.41, 5.74) is 0.569. The average Bonchev–Trinajstić information content (AvgIpc) is 3.12. The standard InChI is InChI=1S/C21H27N3O5/c22-10-16-1-2-19-20(9-16)29-18(14-27-19)11-23-6-3-15(4-7-23)5-8-24-17(12-25)13-28-21(24)26/h1-2,9,15,17-18,25H,3-8,11-14H2. The molecular weight excluding hydrogens is 374 g/mol. The van der Waals surface area contributed by atoms with Crippen molar-refractivity contribution in [3.63, 3.8) is 0 Å². The van der Waals surface area contributed by atoms with Crippen LogP contribution in [0, 0.1) is 17.2 Å². The zero-order chi connectivity index (χ0) is 20.2. The molecule has 1 N–H and O–H groups in total. The molecule has 156 valence electrons. The van der Waals surface area contributed by atoms with E-state index >= 15 is 0 Å². The molecule has 1 aromatic rings.